The third-order valence-electron chi connectivity index (χ3n) is 6.10. The lowest BCUT2D eigenvalue weighted by molar-refractivity contribution is -0.126. The summed E-state index contributed by atoms with van der Waals surface area (Å²) < 4.78 is 46.2. The molecule has 0 aromatic heterocycles. The van der Waals surface area contributed by atoms with E-state index >= 15 is 0 Å². The highest BCUT2D eigenvalue weighted by Crippen LogP contribution is 2.25. The van der Waals surface area contributed by atoms with Gasteiger partial charge in [-0.1, -0.05) is 26.0 Å². The van der Waals surface area contributed by atoms with Gasteiger partial charge in [-0.2, -0.15) is 4.31 Å². The average molecular weight is 456 g/mol. The lowest BCUT2D eigenvalue weighted by atomic mass is 9.96. The van der Waals surface area contributed by atoms with Gasteiger partial charge >= 0.3 is 0 Å². The molecule has 31 heavy (non-hydrogen) atoms. The Bertz CT molecular complexity index is 835. The fourth-order valence-corrected chi connectivity index (χ4v) is 5.90. The van der Waals surface area contributed by atoms with Crippen LogP contribution in [0.4, 0.5) is 4.39 Å². The number of benzene rings is 1. The Morgan fingerprint density at radius 1 is 1.16 bits per heavy atom. The third-order valence-corrected chi connectivity index (χ3v) is 8.03. The molecule has 2 aliphatic rings. The van der Waals surface area contributed by atoms with Crippen molar-refractivity contribution in [1.29, 1.82) is 0 Å². The summed E-state index contributed by atoms with van der Waals surface area (Å²) in [5.74, 6) is -0.473. The highest BCUT2D eigenvalue weighted by atomic mass is 32.2. The summed E-state index contributed by atoms with van der Waals surface area (Å²) in [5, 5.41) is 3.10. The Morgan fingerprint density at radius 3 is 2.42 bits per heavy atom. The van der Waals surface area contributed by atoms with Crippen molar-refractivity contribution in [2.24, 2.45) is 11.8 Å². The number of nitrogens with zero attached hydrogens (tertiary/aromatic N) is 2. The summed E-state index contributed by atoms with van der Waals surface area (Å²) in [6, 6.07) is 5.68. The molecule has 7 nitrogen and oxygen atoms in total. The Kier molecular flexibility index (Phi) is 8.43. The van der Waals surface area contributed by atoms with Crippen molar-refractivity contribution in [2.45, 2.75) is 44.0 Å². The predicted octanol–water partition coefficient (Wildman–Crippen LogP) is 2.09. The van der Waals surface area contributed by atoms with E-state index < -0.39 is 15.8 Å². The van der Waals surface area contributed by atoms with E-state index in [1.807, 2.05) is 0 Å². The lowest BCUT2D eigenvalue weighted by Gasteiger charge is -2.36. The molecule has 2 fully saturated rings. The van der Waals surface area contributed by atoms with Crippen molar-refractivity contribution < 1.29 is 22.3 Å². The second-order valence-electron chi connectivity index (χ2n) is 8.79. The zero-order valence-electron chi connectivity index (χ0n) is 18.4. The quantitative estimate of drug-likeness (QED) is 0.649. The van der Waals surface area contributed by atoms with E-state index in [0.29, 0.717) is 25.3 Å². The summed E-state index contributed by atoms with van der Waals surface area (Å²) in [5.41, 5.74) is 0. The molecular formula is C22H34FN3O4S. The van der Waals surface area contributed by atoms with E-state index in [-0.39, 0.29) is 35.9 Å². The highest BCUT2D eigenvalue weighted by molar-refractivity contribution is 7.89. The summed E-state index contributed by atoms with van der Waals surface area (Å²) in [4.78, 5) is 14.8. The number of carbonyl (C=O) groups excluding carboxylic acids is 1. The number of hydrogen-bond donors (Lipinski definition) is 1. The molecule has 1 atom stereocenters. The Labute approximate surface area is 185 Å². The summed E-state index contributed by atoms with van der Waals surface area (Å²) >= 11 is 0. The Balaban J connectivity index is 1.53. The number of rotatable bonds is 8. The highest BCUT2D eigenvalue weighted by Gasteiger charge is 2.33. The van der Waals surface area contributed by atoms with E-state index in [9.17, 15) is 17.6 Å². The van der Waals surface area contributed by atoms with E-state index in [4.69, 9.17) is 4.74 Å². The molecule has 1 aromatic carbocycles. The fraction of sp³-hybridized carbons (Fsp3) is 0.682. The van der Waals surface area contributed by atoms with Gasteiger partial charge in [0.05, 0.1) is 13.2 Å². The van der Waals surface area contributed by atoms with Gasteiger partial charge in [-0.3, -0.25) is 9.69 Å². The molecule has 0 saturated carbocycles. The third kappa shape index (κ3) is 6.25. The van der Waals surface area contributed by atoms with Crippen molar-refractivity contribution in [3.63, 3.8) is 0 Å². The van der Waals surface area contributed by atoms with Gasteiger partial charge in [0, 0.05) is 44.7 Å². The van der Waals surface area contributed by atoms with Crippen LogP contribution in [0.3, 0.4) is 0 Å². The molecule has 1 N–H and O–H groups in total. The average Bonchev–Trinajstić information content (AvgIpc) is 2.77. The van der Waals surface area contributed by atoms with E-state index in [0.717, 1.165) is 38.8 Å². The van der Waals surface area contributed by atoms with Crippen molar-refractivity contribution in [3.05, 3.63) is 30.1 Å². The smallest absolute Gasteiger partial charge is 0.245 e. The normalized spacial score (nSPS) is 20.6. The number of amides is 1. The molecule has 1 aromatic rings. The first-order valence-corrected chi connectivity index (χ1v) is 12.6. The maximum Gasteiger partial charge on any atom is 0.245 e. The first-order chi connectivity index (χ1) is 14.8. The minimum Gasteiger partial charge on any atom is -0.379 e. The van der Waals surface area contributed by atoms with Gasteiger partial charge < -0.3 is 10.1 Å². The van der Waals surface area contributed by atoms with Crippen molar-refractivity contribution >= 4 is 15.9 Å². The van der Waals surface area contributed by atoms with Crippen LogP contribution in [0.25, 0.3) is 0 Å². The van der Waals surface area contributed by atoms with E-state index in [1.54, 1.807) is 0 Å². The van der Waals surface area contributed by atoms with Crippen molar-refractivity contribution in [1.82, 2.24) is 14.5 Å². The Morgan fingerprint density at radius 2 is 1.81 bits per heavy atom. The molecule has 2 heterocycles. The molecule has 1 unspecified atom stereocenters. The van der Waals surface area contributed by atoms with Crippen LogP contribution in [0.1, 0.15) is 33.1 Å². The SMILES string of the molecule is CC(C)CC(CNC(=O)C1CCN(S(=O)(=O)c2ccccc2F)CC1)N1CCOCC1. The van der Waals surface area contributed by atoms with Gasteiger partial charge in [0.15, 0.2) is 0 Å². The van der Waals surface area contributed by atoms with E-state index in [2.05, 4.69) is 24.1 Å². The fourth-order valence-electron chi connectivity index (χ4n) is 4.36. The van der Waals surface area contributed by atoms with Crippen molar-refractivity contribution in [3.8, 4) is 0 Å². The lowest BCUT2D eigenvalue weighted by Crippen LogP contribution is -2.50. The van der Waals surface area contributed by atoms with Crippen LogP contribution < -0.4 is 5.32 Å². The standard InChI is InChI=1S/C22H34FN3O4S/c1-17(2)15-19(25-11-13-30-14-12-25)16-24-22(27)18-7-9-26(10-8-18)31(28,29)21-6-4-3-5-20(21)23/h3-6,17-19H,7-16H2,1-2H3,(H,24,27). The topological polar surface area (TPSA) is 79.0 Å². The molecule has 2 aliphatic heterocycles. The number of nitrogens with one attached hydrogen (secondary N) is 1. The number of ether oxygens (including phenoxy) is 1. The van der Waals surface area contributed by atoms with Gasteiger partial charge in [0.25, 0.3) is 0 Å². The van der Waals surface area contributed by atoms with Gasteiger partial charge in [-0.15, -0.1) is 0 Å². The number of hydrogen-bond acceptors (Lipinski definition) is 5. The predicted molar refractivity (Wildman–Crippen MR) is 117 cm³/mol. The maximum absolute atomic E-state index is 14.0. The van der Waals surface area contributed by atoms with Crippen LogP contribution in [0.15, 0.2) is 29.2 Å². The number of sulfonamides is 1. The second-order valence-corrected chi connectivity index (χ2v) is 10.7. The molecule has 9 heteroatoms. The monoisotopic (exact) mass is 455 g/mol. The van der Waals surface area contributed by atoms with Crippen LogP contribution >= 0.6 is 0 Å². The van der Waals surface area contributed by atoms with E-state index in [1.165, 1.54) is 22.5 Å². The number of morpholine rings is 1. The number of carbonyl (C=O) groups is 1. The summed E-state index contributed by atoms with van der Waals surface area (Å²) in [6.45, 7) is 8.57. The minimum absolute atomic E-state index is 0.0232. The second kappa shape index (κ2) is 10.8. The molecule has 0 bridgehead atoms. The largest absolute Gasteiger partial charge is 0.379 e. The molecule has 174 valence electrons. The molecule has 1 amide bonds. The number of halogens is 1. The van der Waals surface area contributed by atoms with Crippen LogP contribution in [0.5, 0.6) is 0 Å². The molecule has 0 radical (unpaired) electrons. The first-order valence-electron chi connectivity index (χ1n) is 11.1. The molecule has 0 aliphatic carbocycles. The zero-order valence-corrected chi connectivity index (χ0v) is 19.2. The Hall–Kier alpha value is -1.55. The number of piperidine rings is 1. The maximum atomic E-state index is 14.0. The van der Waals surface area contributed by atoms with Gasteiger partial charge in [0.2, 0.25) is 15.9 Å². The molecule has 2 saturated heterocycles. The zero-order chi connectivity index (χ0) is 22.4. The van der Waals surface area contributed by atoms with Crippen LogP contribution in [-0.2, 0) is 19.6 Å². The van der Waals surface area contributed by atoms with Gasteiger partial charge in [0.1, 0.15) is 10.7 Å². The van der Waals surface area contributed by atoms with Gasteiger partial charge in [-0.05, 0) is 37.3 Å². The van der Waals surface area contributed by atoms with Crippen LogP contribution in [0.2, 0.25) is 0 Å². The summed E-state index contributed by atoms with van der Waals surface area (Å²) in [6.07, 6.45) is 1.87. The summed E-state index contributed by atoms with van der Waals surface area (Å²) in [7, 11) is -3.89. The molecular weight excluding hydrogens is 421 g/mol. The first kappa shape index (κ1) is 24.1. The molecule has 3 rings (SSSR count). The van der Waals surface area contributed by atoms with Crippen LogP contribution in [-0.4, -0.2) is 75.5 Å². The van der Waals surface area contributed by atoms with Gasteiger partial charge in [-0.25, -0.2) is 12.8 Å². The van der Waals surface area contributed by atoms with Crippen LogP contribution in [0, 0.1) is 17.7 Å². The molecule has 0 spiro atoms. The minimum atomic E-state index is -3.89. The van der Waals surface area contributed by atoms with Crippen molar-refractivity contribution in [2.75, 3.05) is 45.9 Å².